The van der Waals surface area contributed by atoms with Crippen molar-refractivity contribution in [2.24, 2.45) is 0 Å². The number of aromatic nitrogens is 1. The van der Waals surface area contributed by atoms with Crippen molar-refractivity contribution in [1.82, 2.24) is 9.88 Å². The van der Waals surface area contributed by atoms with E-state index in [1.165, 1.54) is 4.90 Å². The summed E-state index contributed by atoms with van der Waals surface area (Å²) in [6.07, 6.45) is -1.79. The molecule has 3 aromatic rings. The van der Waals surface area contributed by atoms with Gasteiger partial charge in [-0.2, -0.15) is 0 Å². The molecule has 1 atom stereocenters. The second-order valence-corrected chi connectivity index (χ2v) is 6.62. The molecule has 7 heteroatoms. The summed E-state index contributed by atoms with van der Waals surface area (Å²) in [5.41, 5.74) is 1.71. The van der Waals surface area contributed by atoms with Crippen LogP contribution >= 0.6 is 0 Å². The van der Waals surface area contributed by atoms with Crippen molar-refractivity contribution in [2.75, 3.05) is 13.1 Å². The largest absolute Gasteiger partial charge is 0.357 e. The number of rotatable bonds is 4. The third-order valence-electron chi connectivity index (χ3n) is 5.02. The maximum atomic E-state index is 14.7. The quantitative estimate of drug-likeness (QED) is 0.539. The Morgan fingerprint density at radius 2 is 1.89 bits per heavy atom. The Bertz CT molecular complexity index is 991. The summed E-state index contributed by atoms with van der Waals surface area (Å²) in [5, 5.41) is 0.916. The number of carbonyl (C=O) groups is 1. The van der Waals surface area contributed by atoms with Crippen molar-refractivity contribution in [3.8, 4) is 0 Å². The molecule has 3 nitrogen and oxygen atoms in total. The molecule has 0 fully saturated rings. The summed E-state index contributed by atoms with van der Waals surface area (Å²) >= 11 is 0. The van der Waals surface area contributed by atoms with Crippen LogP contribution in [-0.4, -0.2) is 35.7 Å². The molecule has 1 aliphatic rings. The topological polar surface area (TPSA) is 36.1 Å². The van der Waals surface area contributed by atoms with Gasteiger partial charge in [-0.1, -0.05) is 18.2 Å². The monoisotopic (exact) mass is 376 g/mol. The van der Waals surface area contributed by atoms with E-state index < -0.39 is 30.6 Å². The average molecular weight is 376 g/mol. The molecule has 0 amide bonds. The van der Waals surface area contributed by atoms with Crippen LogP contribution in [0, 0.1) is 11.6 Å². The molecular formula is C20H16F4N2O. The number of carbonyl (C=O) groups excluding carboxylic acids is 1. The van der Waals surface area contributed by atoms with Gasteiger partial charge in [0.25, 0.3) is 6.43 Å². The summed E-state index contributed by atoms with van der Waals surface area (Å²) in [5.74, 6) is -1.85. The van der Waals surface area contributed by atoms with Gasteiger partial charge < -0.3 is 4.98 Å². The van der Waals surface area contributed by atoms with E-state index in [1.54, 1.807) is 0 Å². The molecule has 0 saturated carbocycles. The summed E-state index contributed by atoms with van der Waals surface area (Å²) < 4.78 is 55.7. The van der Waals surface area contributed by atoms with Crippen LogP contribution in [-0.2, 0) is 6.42 Å². The number of nitrogens with zero attached hydrogens (tertiary/aromatic N) is 1. The molecule has 27 heavy (non-hydrogen) atoms. The maximum Gasteiger partial charge on any atom is 0.251 e. The Labute approximate surface area is 152 Å². The SMILES string of the molecule is O=Cc1cc(F)c(C2c3[nH]c4ccccc4c3CCN2CC(F)F)c(F)c1. The normalized spacial score (nSPS) is 17.4. The lowest BCUT2D eigenvalue weighted by molar-refractivity contribution is 0.0679. The standard InChI is InChI=1S/C20H16F4N2O/c21-14-7-11(10-27)8-15(22)18(14)20-19-13(5-6-26(20)9-17(23)24)12-3-1-2-4-16(12)25-19/h1-4,7-8,10,17,20,25H,5-6,9H2. The first-order chi connectivity index (χ1) is 13.0. The predicted octanol–water partition coefficient (Wildman–Crippen LogP) is 4.47. The Morgan fingerprint density at radius 1 is 1.19 bits per heavy atom. The number of nitrogens with one attached hydrogen (secondary N) is 1. The lowest BCUT2D eigenvalue weighted by Gasteiger charge is -2.36. The summed E-state index contributed by atoms with van der Waals surface area (Å²) in [7, 11) is 0. The minimum atomic E-state index is -2.64. The number of benzene rings is 2. The molecule has 140 valence electrons. The second kappa shape index (κ2) is 6.81. The predicted molar refractivity (Wildman–Crippen MR) is 93.2 cm³/mol. The van der Waals surface area contributed by atoms with Crippen LogP contribution in [0.5, 0.6) is 0 Å². The van der Waals surface area contributed by atoms with Crippen LogP contribution in [0.1, 0.15) is 33.2 Å². The number of hydrogen-bond donors (Lipinski definition) is 1. The number of halogens is 4. The van der Waals surface area contributed by atoms with E-state index in [1.807, 2.05) is 24.3 Å². The zero-order valence-electron chi connectivity index (χ0n) is 14.2. The molecule has 1 unspecified atom stereocenters. The number of para-hydroxylation sites is 1. The van der Waals surface area contributed by atoms with Crippen LogP contribution in [0.4, 0.5) is 17.6 Å². The van der Waals surface area contributed by atoms with E-state index in [-0.39, 0.29) is 17.7 Å². The number of aromatic amines is 1. The highest BCUT2D eigenvalue weighted by atomic mass is 19.3. The lowest BCUT2D eigenvalue weighted by Crippen LogP contribution is -2.40. The highest BCUT2D eigenvalue weighted by Gasteiger charge is 2.36. The minimum Gasteiger partial charge on any atom is -0.357 e. The number of fused-ring (bicyclic) bond motifs is 3. The second-order valence-electron chi connectivity index (χ2n) is 6.62. The molecule has 0 saturated heterocycles. The van der Waals surface area contributed by atoms with Gasteiger partial charge >= 0.3 is 0 Å². The van der Waals surface area contributed by atoms with Gasteiger partial charge in [0.2, 0.25) is 0 Å². The molecule has 0 radical (unpaired) electrons. The molecule has 1 aliphatic heterocycles. The third-order valence-corrected chi connectivity index (χ3v) is 5.02. The Kier molecular flexibility index (Phi) is 4.47. The van der Waals surface area contributed by atoms with Gasteiger partial charge in [-0.15, -0.1) is 0 Å². The van der Waals surface area contributed by atoms with E-state index in [2.05, 4.69) is 4.98 Å². The van der Waals surface area contributed by atoms with Crippen molar-refractivity contribution in [1.29, 1.82) is 0 Å². The first-order valence-electron chi connectivity index (χ1n) is 8.55. The summed E-state index contributed by atoms with van der Waals surface area (Å²) in [6, 6.07) is 8.27. The molecule has 1 N–H and O–H groups in total. The van der Waals surface area contributed by atoms with Gasteiger partial charge in [-0.3, -0.25) is 9.69 Å². The van der Waals surface area contributed by atoms with E-state index >= 15 is 0 Å². The Hall–Kier alpha value is -2.67. The van der Waals surface area contributed by atoms with Gasteiger partial charge in [0.1, 0.15) is 17.9 Å². The Balaban J connectivity index is 1.93. The van der Waals surface area contributed by atoms with E-state index in [9.17, 15) is 22.4 Å². The fraction of sp³-hybridized carbons (Fsp3) is 0.250. The van der Waals surface area contributed by atoms with Crippen molar-refractivity contribution >= 4 is 17.2 Å². The van der Waals surface area contributed by atoms with Gasteiger partial charge in [-0.25, -0.2) is 17.6 Å². The molecule has 0 aliphatic carbocycles. The fourth-order valence-corrected chi connectivity index (χ4v) is 3.92. The molecule has 2 aromatic carbocycles. The average Bonchev–Trinajstić information content (AvgIpc) is 3.00. The third kappa shape index (κ3) is 3.02. The van der Waals surface area contributed by atoms with Gasteiger partial charge in [-0.05, 0) is 30.2 Å². The molecule has 1 aromatic heterocycles. The molecule has 4 rings (SSSR count). The summed E-state index contributed by atoms with van der Waals surface area (Å²) in [4.78, 5) is 15.4. The van der Waals surface area contributed by atoms with Crippen molar-refractivity contribution in [3.05, 3.63) is 70.4 Å². The number of H-pyrrole nitrogens is 1. The van der Waals surface area contributed by atoms with Gasteiger partial charge in [0.05, 0.1) is 12.6 Å². The number of aldehydes is 1. The van der Waals surface area contributed by atoms with Crippen molar-refractivity contribution in [3.63, 3.8) is 0 Å². The first-order valence-corrected chi connectivity index (χ1v) is 8.55. The maximum absolute atomic E-state index is 14.7. The first kappa shape index (κ1) is 17.7. The minimum absolute atomic E-state index is 0.137. The number of alkyl halides is 2. The van der Waals surface area contributed by atoms with E-state index in [4.69, 9.17) is 0 Å². The number of hydrogen-bond acceptors (Lipinski definition) is 2. The van der Waals surface area contributed by atoms with Crippen molar-refractivity contribution in [2.45, 2.75) is 18.9 Å². The van der Waals surface area contributed by atoms with Crippen LogP contribution in [0.15, 0.2) is 36.4 Å². The molecule has 0 spiro atoms. The van der Waals surface area contributed by atoms with Gasteiger partial charge in [0.15, 0.2) is 0 Å². The van der Waals surface area contributed by atoms with Crippen molar-refractivity contribution < 1.29 is 22.4 Å². The molecular weight excluding hydrogens is 360 g/mol. The molecule has 2 heterocycles. The fourth-order valence-electron chi connectivity index (χ4n) is 3.92. The summed E-state index contributed by atoms with van der Waals surface area (Å²) in [6.45, 7) is -0.355. The van der Waals surface area contributed by atoms with Crippen LogP contribution in [0.2, 0.25) is 0 Å². The highest BCUT2D eigenvalue weighted by molar-refractivity contribution is 5.85. The van der Waals surface area contributed by atoms with Crippen LogP contribution in [0.25, 0.3) is 10.9 Å². The zero-order chi connectivity index (χ0) is 19.1. The van der Waals surface area contributed by atoms with E-state index in [0.717, 1.165) is 28.6 Å². The van der Waals surface area contributed by atoms with Crippen LogP contribution < -0.4 is 0 Å². The van der Waals surface area contributed by atoms with Gasteiger partial charge in [0, 0.05) is 34.3 Å². The Morgan fingerprint density at radius 3 is 2.56 bits per heavy atom. The smallest absolute Gasteiger partial charge is 0.251 e. The highest BCUT2D eigenvalue weighted by Crippen LogP contribution is 2.40. The van der Waals surface area contributed by atoms with E-state index in [0.29, 0.717) is 18.4 Å². The lowest BCUT2D eigenvalue weighted by atomic mass is 9.91. The zero-order valence-corrected chi connectivity index (χ0v) is 14.2. The molecule has 0 bridgehead atoms. The van der Waals surface area contributed by atoms with Crippen LogP contribution in [0.3, 0.4) is 0 Å².